The third-order valence-corrected chi connectivity index (χ3v) is 4.76. The molecule has 0 radical (unpaired) electrons. The number of aromatic nitrogens is 2. The number of nitrogens with zero attached hydrogens (tertiary/aromatic N) is 4. The van der Waals surface area contributed by atoms with Gasteiger partial charge in [0.05, 0.1) is 0 Å². The van der Waals surface area contributed by atoms with Gasteiger partial charge in [0, 0.05) is 55.5 Å². The highest BCUT2D eigenvalue weighted by molar-refractivity contribution is 7.99. The van der Waals surface area contributed by atoms with Crippen molar-refractivity contribution in [2.24, 2.45) is 0 Å². The Balaban J connectivity index is 1.57. The summed E-state index contributed by atoms with van der Waals surface area (Å²) in [6, 6.07) is 2.87. The van der Waals surface area contributed by atoms with E-state index in [0.717, 1.165) is 37.1 Å². The van der Waals surface area contributed by atoms with Gasteiger partial charge >= 0.3 is 0 Å². The summed E-state index contributed by atoms with van der Waals surface area (Å²) < 4.78 is 0. The third kappa shape index (κ3) is 2.47. The van der Waals surface area contributed by atoms with Crippen LogP contribution in [0.5, 0.6) is 0 Å². The zero-order chi connectivity index (χ0) is 12.4. The first-order chi connectivity index (χ1) is 8.86. The molecular formula is C13H20N4S. The number of rotatable bonds is 3. The van der Waals surface area contributed by atoms with Crippen molar-refractivity contribution in [1.29, 1.82) is 0 Å². The highest BCUT2D eigenvalue weighted by Gasteiger charge is 2.33. The molecule has 0 aromatic carbocycles. The van der Waals surface area contributed by atoms with Crippen LogP contribution >= 0.6 is 11.8 Å². The molecule has 2 saturated heterocycles. The van der Waals surface area contributed by atoms with Gasteiger partial charge in [-0.15, -0.1) is 0 Å². The molecule has 2 aliphatic rings. The van der Waals surface area contributed by atoms with Gasteiger partial charge in [-0.3, -0.25) is 4.90 Å². The van der Waals surface area contributed by atoms with Crippen molar-refractivity contribution in [1.82, 2.24) is 14.9 Å². The fourth-order valence-electron chi connectivity index (χ4n) is 2.57. The van der Waals surface area contributed by atoms with Gasteiger partial charge in [-0.25, -0.2) is 9.97 Å². The lowest BCUT2D eigenvalue weighted by Gasteiger charge is -2.47. The van der Waals surface area contributed by atoms with Gasteiger partial charge in [0.15, 0.2) is 0 Å². The van der Waals surface area contributed by atoms with E-state index in [-0.39, 0.29) is 0 Å². The molecular weight excluding hydrogens is 244 g/mol. The number of hydrogen-bond acceptors (Lipinski definition) is 5. The summed E-state index contributed by atoms with van der Waals surface area (Å²) in [6.07, 6.45) is 2.68. The minimum atomic E-state index is 0.742. The first kappa shape index (κ1) is 12.2. The van der Waals surface area contributed by atoms with Crippen molar-refractivity contribution < 1.29 is 0 Å². The molecule has 0 aliphatic carbocycles. The monoisotopic (exact) mass is 264 g/mol. The van der Waals surface area contributed by atoms with Crippen LogP contribution in [0.15, 0.2) is 12.4 Å². The fraction of sp³-hybridized carbons (Fsp3) is 0.692. The van der Waals surface area contributed by atoms with Crippen LogP contribution in [-0.4, -0.2) is 58.6 Å². The van der Waals surface area contributed by atoms with Crippen LogP contribution in [0.2, 0.25) is 0 Å². The van der Waals surface area contributed by atoms with E-state index in [1.54, 1.807) is 6.33 Å². The summed E-state index contributed by atoms with van der Waals surface area (Å²) >= 11 is 2.08. The van der Waals surface area contributed by atoms with E-state index < -0.39 is 0 Å². The minimum absolute atomic E-state index is 0.742. The lowest BCUT2D eigenvalue weighted by molar-refractivity contribution is 0.182. The van der Waals surface area contributed by atoms with Crippen molar-refractivity contribution in [2.75, 3.05) is 42.6 Å². The molecule has 2 aliphatic heterocycles. The standard InChI is InChI=1S/C13H20N4S/c1-2-11-7-13(15-10-14-11)17-8-12(9-17)16-3-5-18-6-4-16/h7,10,12H,2-6,8-9H2,1H3. The van der Waals surface area contributed by atoms with Crippen LogP contribution in [-0.2, 0) is 6.42 Å². The second kappa shape index (κ2) is 5.45. The maximum absolute atomic E-state index is 4.38. The van der Waals surface area contributed by atoms with E-state index in [9.17, 15) is 0 Å². The maximum atomic E-state index is 4.38. The van der Waals surface area contributed by atoms with E-state index in [1.165, 1.54) is 24.6 Å². The Bertz CT molecular complexity index is 400. The molecule has 0 atom stereocenters. The van der Waals surface area contributed by atoms with E-state index >= 15 is 0 Å². The van der Waals surface area contributed by atoms with E-state index in [2.05, 4.69) is 44.5 Å². The molecule has 3 heterocycles. The second-order valence-electron chi connectivity index (χ2n) is 4.93. The number of anilines is 1. The molecule has 0 saturated carbocycles. The van der Waals surface area contributed by atoms with Crippen LogP contribution < -0.4 is 4.90 Å². The second-order valence-corrected chi connectivity index (χ2v) is 6.15. The van der Waals surface area contributed by atoms with Crippen LogP contribution in [0.3, 0.4) is 0 Å². The van der Waals surface area contributed by atoms with E-state index in [1.807, 2.05) is 0 Å². The van der Waals surface area contributed by atoms with Crippen LogP contribution in [0.4, 0.5) is 5.82 Å². The van der Waals surface area contributed by atoms with Crippen molar-refractivity contribution in [3.63, 3.8) is 0 Å². The molecule has 1 aromatic rings. The Labute approximate surface area is 113 Å². The zero-order valence-electron chi connectivity index (χ0n) is 10.9. The van der Waals surface area contributed by atoms with Crippen LogP contribution in [0.1, 0.15) is 12.6 Å². The van der Waals surface area contributed by atoms with Gasteiger partial charge in [-0.2, -0.15) is 11.8 Å². The Hall–Kier alpha value is -0.810. The van der Waals surface area contributed by atoms with Gasteiger partial charge in [-0.05, 0) is 6.42 Å². The van der Waals surface area contributed by atoms with Gasteiger partial charge in [-0.1, -0.05) is 6.92 Å². The van der Waals surface area contributed by atoms with Crippen molar-refractivity contribution in [3.05, 3.63) is 18.1 Å². The molecule has 0 amide bonds. The fourth-order valence-corrected chi connectivity index (χ4v) is 3.50. The highest BCUT2D eigenvalue weighted by Crippen LogP contribution is 2.24. The average Bonchev–Trinajstić information content (AvgIpc) is 2.39. The maximum Gasteiger partial charge on any atom is 0.132 e. The molecule has 2 fully saturated rings. The summed E-state index contributed by atoms with van der Waals surface area (Å²) in [6.45, 7) is 6.91. The Morgan fingerprint density at radius 1 is 1.28 bits per heavy atom. The molecule has 98 valence electrons. The van der Waals surface area contributed by atoms with Crippen LogP contribution in [0.25, 0.3) is 0 Å². The normalized spacial score (nSPS) is 21.9. The number of thioether (sulfide) groups is 1. The SMILES string of the molecule is CCc1cc(N2CC(N3CCSCC3)C2)ncn1. The van der Waals surface area contributed by atoms with Crippen molar-refractivity contribution in [3.8, 4) is 0 Å². The zero-order valence-corrected chi connectivity index (χ0v) is 11.7. The molecule has 3 rings (SSSR count). The smallest absolute Gasteiger partial charge is 0.132 e. The molecule has 0 N–H and O–H groups in total. The highest BCUT2D eigenvalue weighted by atomic mass is 32.2. The van der Waals surface area contributed by atoms with Crippen LogP contribution in [0, 0.1) is 0 Å². The summed E-state index contributed by atoms with van der Waals surface area (Å²) in [4.78, 5) is 13.6. The Kier molecular flexibility index (Phi) is 3.70. The van der Waals surface area contributed by atoms with Crippen molar-refractivity contribution in [2.45, 2.75) is 19.4 Å². The van der Waals surface area contributed by atoms with Gasteiger partial charge in [0.2, 0.25) is 0 Å². The Morgan fingerprint density at radius 3 is 2.78 bits per heavy atom. The predicted octanol–water partition coefficient (Wildman–Crippen LogP) is 1.28. The summed E-state index contributed by atoms with van der Waals surface area (Å²) in [5, 5.41) is 0. The molecule has 1 aromatic heterocycles. The third-order valence-electron chi connectivity index (χ3n) is 3.82. The molecule has 0 bridgehead atoms. The average molecular weight is 264 g/mol. The Morgan fingerprint density at radius 2 is 2.06 bits per heavy atom. The van der Waals surface area contributed by atoms with Crippen molar-refractivity contribution >= 4 is 17.6 Å². The van der Waals surface area contributed by atoms with Gasteiger partial charge < -0.3 is 4.90 Å². The molecule has 0 unspecified atom stereocenters. The predicted molar refractivity (Wildman–Crippen MR) is 76.3 cm³/mol. The summed E-state index contributed by atoms with van der Waals surface area (Å²) in [5.74, 6) is 3.69. The van der Waals surface area contributed by atoms with Gasteiger partial charge in [0.25, 0.3) is 0 Å². The largest absolute Gasteiger partial charge is 0.353 e. The minimum Gasteiger partial charge on any atom is -0.353 e. The summed E-state index contributed by atoms with van der Waals surface area (Å²) in [7, 11) is 0. The van der Waals surface area contributed by atoms with Gasteiger partial charge in [0.1, 0.15) is 12.1 Å². The van der Waals surface area contributed by atoms with E-state index in [4.69, 9.17) is 0 Å². The molecule has 0 spiro atoms. The lowest BCUT2D eigenvalue weighted by Crippen LogP contribution is -2.61. The quantitative estimate of drug-likeness (QED) is 0.821. The lowest BCUT2D eigenvalue weighted by atomic mass is 10.1. The topological polar surface area (TPSA) is 32.3 Å². The first-order valence-corrected chi connectivity index (χ1v) is 7.90. The summed E-state index contributed by atoms with van der Waals surface area (Å²) in [5.41, 5.74) is 1.14. The number of aryl methyl sites for hydroxylation is 1. The first-order valence-electron chi connectivity index (χ1n) is 6.74. The van der Waals surface area contributed by atoms with E-state index in [0.29, 0.717) is 0 Å². The molecule has 4 nitrogen and oxygen atoms in total. The molecule has 18 heavy (non-hydrogen) atoms. The number of hydrogen-bond donors (Lipinski definition) is 0. The molecule has 5 heteroatoms.